The maximum atomic E-state index is 12.2. The van der Waals surface area contributed by atoms with Gasteiger partial charge in [0, 0.05) is 13.0 Å². The van der Waals surface area contributed by atoms with Crippen LogP contribution in [-0.2, 0) is 22.4 Å². The van der Waals surface area contributed by atoms with Crippen molar-refractivity contribution in [3.63, 3.8) is 0 Å². The van der Waals surface area contributed by atoms with Crippen molar-refractivity contribution in [2.75, 3.05) is 13.2 Å². The first-order valence-electron chi connectivity index (χ1n) is 9.27. The SMILES string of the molecule is CCc1ccc(C(C)CC(=O)NCCc2ccc(OCC(=O)O)cc2)cc1. The van der Waals surface area contributed by atoms with Crippen molar-refractivity contribution in [1.29, 1.82) is 0 Å². The fourth-order valence-corrected chi connectivity index (χ4v) is 2.79. The van der Waals surface area contributed by atoms with E-state index < -0.39 is 5.97 Å². The lowest BCUT2D eigenvalue weighted by molar-refractivity contribution is -0.139. The van der Waals surface area contributed by atoms with Gasteiger partial charge in [-0.05, 0) is 47.6 Å². The largest absolute Gasteiger partial charge is 0.482 e. The van der Waals surface area contributed by atoms with Crippen LogP contribution in [0.15, 0.2) is 48.5 Å². The quantitative estimate of drug-likeness (QED) is 0.671. The number of hydrogen-bond donors (Lipinski definition) is 2. The highest BCUT2D eigenvalue weighted by Crippen LogP contribution is 2.19. The molecule has 2 rings (SSSR count). The van der Waals surface area contributed by atoms with Gasteiger partial charge < -0.3 is 15.2 Å². The Kier molecular flexibility index (Phi) is 7.86. The molecule has 1 atom stereocenters. The van der Waals surface area contributed by atoms with Gasteiger partial charge in [-0.2, -0.15) is 0 Å². The number of nitrogens with one attached hydrogen (secondary N) is 1. The molecule has 0 aromatic heterocycles. The molecule has 144 valence electrons. The zero-order chi connectivity index (χ0) is 19.6. The van der Waals surface area contributed by atoms with Gasteiger partial charge in [-0.3, -0.25) is 4.79 Å². The van der Waals surface area contributed by atoms with Crippen molar-refractivity contribution in [1.82, 2.24) is 5.32 Å². The summed E-state index contributed by atoms with van der Waals surface area (Å²) in [7, 11) is 0. The van der Waals surface area contributed by atoms with Crippen LogP contribution in [-0.4, -0.2) is 30.1 Å². The summed E-state index contributed by atoms with van der Waals surface area (Å²) in [6.07, 6.45) is 2.19. The molecule has 27 heavy (non-hydrogen) atoms. The van der Waals surface area contributed by atoms with Crippen molar-refractivity contribution in [3.8, 4) is 5.75 Å². The number of hydrogen-bond acceptors (Lipinski definition) is 3. The van der Waals surface area contributed by atoms with Crippen LogP contribution < -0.4 is 10.1 Å². The predicted molar refractivity (Wildman–Crippen MR) is 105 cm³/mol. The molecule has 1 amide bonds. The van der Waals surface area contributed by atoms with E-state index in [0.29, 0.717) is 25.1 Å². The Morgan fingerprint density at radius 2 is 1.67 bits per heavy atom. The number of carbonyl (C=O) groups excluding carboxylic acids is 1. The molecule has 2 aromatic carbocycles. The third-order valence-corrected chi connectivity index (χ3v) is 4.47. The lowest BCUT2D eigenvalue weighted by atomic mass is 9.96. The molecule has 0 spiro atoms. The van der Waals surface area contributed by atoms with Crippen molar-refractivity contribution < 1.29 is 19.4 Å². The number of rotatable bonds is 10. The monoisotopic (exact) mass is 369 g/mol. The topological polar surface area (TPSA) is 75.6 Å². The molecule has 1 unspecified atom stereocenters. The smallest absolute Gasteiger partial charge is 0.341 e. The fourth-order valence-electron chi connectivity index (χ4n) is 2.79. The van der Waals surface area contributed by atoms with Crippen LogP contribution in [0, 0.1) is 0 Å². The van der Waals surface area contributed by atoms with E-state index >= 15 is 0 Å². The minimum absolute atomic E-state index is 0.0449. The molecule has 2 aromatic rings. The van der Waals surface area contributed by atoms with E-state index in [2.05, 4.69) is 43.4 Å². The summed E-state index contributed by atoms with van der Waals surface area (Å²) in [6, 6.07) is 15.7. The Morgan fingerprint density at radius 3 is 2.26 bits per heavy atom. The highest BCUT2D eigenvalue weighted by Gasteiger charge is 2.11. The maximum absolute atomic E-state index is 12.2. The van der Waals surface area contributed by atoms with Gasteiger partial charge in [0.1, 0.15) is 5.75 Å². The molecular formula is C22H27NO4. The van der Waals surface area contributed by atoms with Crippen molar-refractivity contribution in [2.24, 2.45) is 0 Å². The average molecular weight is 369 g/mol. The molecule has 0 aliphatic heterocycles. The first-order valence-corrected chi connectivity index (χ1v) is 9.27. The number of carboxylic acids is 1. The maximum Gasteiger partial charge on any atom is 0.341 e. The fraction of sp³-hybridized carbons (Fsp3) is 0.364. The summed E-state index contributed by atoms with van der Waals surface area (Å²) in [5.74, 6) is -0.254. The van der Waals surface area contributed by atoms with Gasteiger partial charge in [0.25, 0.3) is 0 Å². The molecule has 0 heterocycles. The number of benzene rings is 2. The van der Waals surface area contributed by atoms with E-state index in [9.17, 15) is 9.59 Å². The second-order valence-corrected chi connectivity index (χ2v) is 6.63. The molecule has 5 heteroatoms. The average Bonchev–Trinajstić information content (AvgIpc) is 2.67. The molecule has 0 aliphatic carbocycles. The summed E-state index contributed by atoms with van der Waals surface area (Å²) in [6.45, 7) is 4.41. The summed E-state index contributed by atoms with van der Waals surface area (Å²) in [5.41, 5.74) is 3.54. The van der Waals surface area contributed by atoms with Gasteiger partial charge in [-0.1, -0.05) is 50.2 Å². The Labute approximate surface area is 160 Å². The minimum Gasteiger partial charge on any atom is -0.482 e. The van der Waals surface area contributed by atoms with Crippen LogP contribution in [0.25, 0.3) is 0 Å². The van der Waals surface area contributed by atoms with Crippen LogP contribution >= 0.6 is 0 Å². The first kappa shape index (κ1) is 20.5. The second kappa shape index (κ2) is 10.4. The van der Waals surface area contributed by atoms with Crippen molar-refractivity contribution >= 4 is 11.9 Å². The normalized spacial score (nSPS) is 11.6. The number of aliphatic carboxylic acids is 1. The second-order valence-electron chi connectivity index (χ2n) is 6.63. The Bertz CT molecular complexity index is 738. The van der Waals surface area contributed by atoms with Gasteiger partial charge in [-0.25, -0.2) is 4.79 Å². The lowest BCUT2D eigenvalue weighted by Crippen LogP contribution is -2.26. The summed E-state index contributed by atoms with van der Waals surface area (Å²) >= 11 is 0. The zero-order valence-electron chi connectivity index (χ0n) is 15.9. The van der Waals surface area contributed by atoms with Crippen molar-refractivity contribution in [2.45, 2.75) is 39.0 Å². The Morgan fingerprint density at radius 1 is 1.04 bits per heavy atom. The highest BCUT2D eigenvalue weighted by molar-refractivity contribution is 5.76. The standard InChI is InChI=1S/C22H27NO4/c1-3-17-4-8-19(9-5-17)16(2)14-21(24)23-13-12-18-6-10-20(11-7-18)27-15-22(25)26/h4-11,16H,3,12-15H2,1-2H3,(H,23,24)(H,25,26). The van der Waals surface area contributed by atoms with E-state index in [0.717, 1.165) is 12.0 Å². The van der Waals surface area contributed by atoms with Crippen LogP contribution in [0.3, 0.4) is 0 Å². The Hall–Kier alpha value is -2.82. The summed E-state index contributed by atoms with van der Waals surface area (Å²) < 4.78 is 5.10. The molecule has 0 saturated carbocycles. The van der Waals surface area contributed by atoms with E-state index in [1.165, 1.54) is 11.1 Å². The van der Waals surface area contributed by atoms with E-state index in [4.69, 9.17) is 9.84 Å². The Balaban J connectivity index is 1.72. The third kappa shape index (κ3) is 7.13. The number of amides is 1. The number of carbonyl (C=O) groups is 2. The van der Waals surface area contributed by atoms with Crippen LogP contribution in [0.2, 0.25) is 0 Å². The highest BCUT2D eigenvalue weighted by atomic mass is 16.5. The minimum atomic E-state index is -1.00. The molecule has 2 N–H and O–H groups in total. The molecular weight excluding hydrogens is 342 g/mol. The molecule has 0 radical (unpaired) electrons. The van der Waals surface area contributed by atoms with Gasteiger partial charge in [0.15, 0.2) is 6.61 Å². The number of ether oxygens (including phenoxy) is 1. The van der Waals surface area contributed by atoms with Gasteiger partial charge >= 0.3 is 5.97 Å². The molecule has 0 aliphatic rings. The lowest BCUT2D eigenvalue weighted by Gasteiger charge is -2.13. The van der Waals surface area contributed by atoms with Crippen LogP contribution in [0.4, 0.5) is 0 Å². The van der Waals surface area contributed by atoms with Gasteiger partial charge in [-0.15, -0.1) is 0 Å². The number of carboxylic acid groups (broad SMARTS) is 1. The van der Waals surface area contributed by atoms with E-state index in [-0.39, 0.29) is 18.4 Å². The molecule has 0 fully saturated rings. The third-order valence-electron chi connectivity index (χ3n) is 4.47. The summed E-state index contributed by atoms with van der Waals surface area (Å²) in [4.78, 5) is 22.6. The first-order chi connectivity index (χ1) is 13.0. The van der Waals surface area contributed by atoms with E-state index in [1.807, 2.05) is 12.1 Å². The van der Waals surface area contributed by atoms with Gasteiger partial charge in [0.2, 0.25) is 5.91 Å². The molecule has 0 bridgehead atoms. The van der Waals surface area contributed by atoms with Crippen LogP contribution in [0.1, 0.15) is 42.9 Å². The van der Waals surface area contributed by atoms with Crippen LogP contribution in [0.5, 0.6) is 5.75 Å². The van der Waals surface area contributed by atoms with E-state index in [1.54, 1.807) is 12.1 Å². The molecule has 5 nitrogen and oxygen atoms in total. The molecule has 0 saturated heterocycles. The predicted octanol–water partition coefficient (Wildman–Crippen LogP) is 3.56. The summed E-state index contributed by atoms with van der Waals surface area (Å²) in [5, 5.41) is 11.6. The zero-order valence-corrected chi connectivity index (χ0v) is 15.9. The van der Waals surface area contributed by atoms with Gasteiger partial charge in [0.05, 0.1) is 0 Å². The van der Waals surface area contributed by atoms with Crippen molar-refractivity contribution in [3.05, 3.63) is 65.2 Å². The number of aryl methyl sites for hydroxylation is 1.